The van der Waals surface area contributed by atoms with Crippen LogP contribution >= 0.6 is 12.4 Å². The van der Waals surface area contributed by atoms with Gasteiger partial charge in [-0.2, -0.15) is 0 Å². The van der Waals surface area contributed by atoms with Gasteiger partial charge in [0, 0.05) is 19.8 Å². The molecule has 1 aliphatic rings. The number of nitrogens with one attached hydrogen (secondary N) is 1. The fraction of sp³-hybridized carbons (Fsp3) is 0.588. The number of amides is 1. The van der Waals surface area contributed by atoms with Crippen molar-refractivity contribution in [1.82, 2.24) is 5.32 Å². The van der Waals surface area contributed by atoms with Crippen molar-refractivity contribution in [3.63, 3.8) is 0 Å². The zero-order valence-corrected chi connectivity index (χ0v) is 14.4. The molecule has 3 N–H and O–H groups in total. The first-order chi connectivity index (χ1) is 10.7. The molecule has 0 radical (unpaired) electrons. The van der Waals surface area contributed by atoms with E-state index in [9.17, 15) is 4.79 Å². The highest BCUT2D eigenvalue weighted by molar-refractivity contribution is 5.85. The highest BCUT2D eigenvalue weighted by Gasteiger charge is 2.16. The lowest BCUT2D eigenvalue weighted by Crippen LogP contribution is -2.35. The smallest absolute Gasteiger partial charge is 0.241 e. The van der Waals surface area contributed by atoms with Crippen LogP contribution in [0.1, 0.15) is 36.4 Å². The average Bonchev–Trinajstić information content (AvgIpc) is 3.04. The Morgan fingerprint density at radius 1 is 1.43 bits per heavy atom. The van der Waals surface area contributed by atoms with Crippen LogP contribution in [0.5, 0.6) is 0 Å². The number of nitrogens with two attached hydrogens (primary N) is 1. The first-order valence-electron chi connectivity index (χ1n) is 7.96. The maximum atomic E-state index is 12.0. The van der Waals surface area contributed by atoms with E-state index in [2.05, 4.69) is 5.32 Å². The van der Waals surface area contributed by atoms with Gasteiger partial charge in [0.05, 0.1) is 12.7 Å². The molecule has 0 saturated carbocycles. The fourth-order valence-corrected chi connectivity index (χ4v) is 2.41. The molecule has 1 amide bonds. The van der Waals surface area contributed by atoms with Gasteiger partial charge in [0.25, 0.3) is 0 Å². The lowest BCUT2D eigenvalue weighted by Gasteiger charge is -2.13. The largest absolute Gasteiger partial charge is 0.379 e. The van der Waals surface area contributed by atoms with Crippen LogP contribution < -0.4 is 11.1 Å². The van der Waals surface area contributed by atoms with Crippen molar-refractivity contribution < 1.29 is 14.3 Å². The second-order valence-electron chi connectivity index (χ2n) is 5.74. The number of halogens is 1. The zero-order chi connectivity index (χ0) is 15.8. The number of aryl methyl sites for hydroxylation is 1. The summed E-state index contributed by atoms with van der Waals surface area (Å²) in [7, 11) is 0. The summed E-state index contributed by atoms with van der Waals surface area (Å²) in [5.74, 6) is -0.150. The zero-order valence-electron chi connectivity index (χ0n) is 13.6. The molecule has 1 fully saturated rings. The van der Waals surface area contributed by atoms with Crippen molar-refractivity contribution in [2.75, 3.05) is 26.4 Å². The Morgan fingerprint density at radius 3 is 2.83 bits per heavy atom. The number of rotatable bonds is 8. The normalized spacial score (nSPS) is 18.3. The molecule has 1 saturated heterocycles. The summed E-state index contributed by atoms with van der Waals surface area (Å²) >= 11 is 0. The van der Waals surface area contributed by atoms with Crippen molar-refractivity contribution >= 4 is 18.3 Å². The summed E-state index contributed by atoms with van der Waals surface area (Å²) in [4.78, 5) is 12.0. The molecule has 0 spiro atoms. The number of hydrogen-bond acceptors (Lipinski definition) is 4. The van der Waals surface area contributed by atoms with Crippen molar-refractivity contribution in [3.05, 3.63) is 35.4 Å². The van der Waals surface area contributed by atoms with Crippen LogP contribution in [0.2, 0.25) is 0 Å². The molecule has 1 aliphatic heterocycles. The topological polar surface area (TPSA) is 73.6 Å². The van der Waals surface area contributed by atoms with Gasteiger partial charge in [-0.1, -0.05) is 29.8 Å². The molecule has 0 aromatic heterocycles. The van der Waals surface area contributed by atoms with Gasteiger partial charge in [0.1, 0.15) is 6.04 Å². The van der Waals surface area contributed by atoms with Gasteiger partial charge in [-0.05, 0) is 31.7 Å². The van der Waals surface area contributed by atoms with Crippen LogP contribution in [-0.2, 0) is 14.3 Å². The van der Waals surface area contributed by atoms with E-state index in [-0.39, 0.29) is 24.4 Å². The van der Waals surface area contributed by atoms with E-state index in [1.54, 1.807) is 0 Å². The number of benzene rings is 1. The molecule has 1 aromatic rings. The molecule has 1 heterocycles. The molecular formula is C17H27ClN2O3. The maximum absolute atomic E-state index is 12.0. The molecule has 2 atom stereocenters. The van der Waals surface area contributed by atoms with Gasteiger partial charge in [-0.25, -0.2) is 0 Å². The molecule has 5 nitrogen and oxygen atoms in total. The third kappa shape index (κ3) is 6.87. The second-order valence-corrected chi connectivity index (χ2v) is 5.74. The van der Waals surface area contributed by atoms with Crippen molar-refractivity contribution in [2.45, 2.75) is 38.3 Å². The Labute approximate surface area is 144 Å². The summed E-state index contributed by atoms with van der Waals surface area (Å²) in [6.07, 6.45) is 3.24. The van der Waals surface area contributed by atoms with Crippen molar-refractivity contribution in [1.29, 1.82) is 0 Å². The molecule has 6 heteroatoms. The number of carbonyl (C=O) groups is 1. The molecular weight excluding hydrogens is 316 g/mol. The Morgan fingerprint density at radius 2 is 2.17 bits per heavy atom. The van der Waals surface area contributed by atoms with E-state index in [0.29, 0.717) is 19.8 Å². The molecule has 2 unspecified atom stereocenters. The summed E-state index contributed by atoms with van der Waals surface area (Å²) < 4.78 is 11.0. The fourth-order valence-electron chi connectivity index (χ4n) is 2.41. The van der Waals surface area contributed by atoms with Crippen molar-refractivity contribution in [2.24, 2.45) is 5.73 Å². The van der Waals surface area contributed by atoms with E-state index < -0.39 is 6.04 Å². The van der Waals surface area contributed by atoms with Crippen molar-refractivity contribution in [3.8, 4) is 0 Å². The minimum Gasteiger partial charge on any atom is -0.379 e. The lowest BCUT2D eigenvalue weighted by molar-refractivity contribution is -0.122. The quantitative estimate of drug-likeness (QED) is 0.710. The third-order valence-corrected chi connectivity index (χ3v) is 3.81. The predicted octanol–water partition coefficient (Wildman–Crippen LogP) is 2.12. The van der Waals surface area contributed by atoms with E-state index in [1.807, 2.05) is 31.2 Å². The van der Waals surface area contributed by atoms with Gasteiger partial charge in [0.2, 0.25) is 5.91 Å². The summed E-state index contributed by atoms with van der Waals surface area (Å²) in [5.41, 5.74) is 7.94. The van der Waals surface area contributed by atoms with Crippen LogP contribution in [0.4, 0.5) is 0 Å². The van der Waals surface area contributed by atoms with Gasteiger partial charge < -0.3 is 20.5 Å². The monoisotopic (exact) mass is 342 g/mol. The van der Waals surface area contributed by atoms with E-state index >= 15 is 0 Å². The second kappa shape index (κ2) is 10.6. The van der Waals surface area contributed by atoms with Crippen LogP contribution in [0, 0.1) is 6.92 Å². The van der Waals surface area contributed by atoms with E-state index in [1.165, 1.54) is 0 Å². The average molecular weight is 343 g/mol. The minimum atomic E-state index is -0.617. The number of carbonyl (C=O) groups excluding carboxylic acids is 1. The maximum Gasteiger partial charge on any atom is 0.241 e. The van der Waals surface area contributed by atoms with E-state index in [0.717, 1.165) is 37.0 Å². The summed E-state index contributed by atoms with van der Waals surface area (Å²) in [6.45, 7) is 4.70. The number of ether oxygens (including phenoxy) is 2. The Bertz CT molecular complexity index is 461. The van der Waals surface area contributed by atoms with Crippen LogP contribution in [0.25, 0.3) is 0 Å². The van der Waals surface area contributed by atoms with E-state index in [4.69, 9.17) is 15.2 Å². The lowest BCUT2D eigenvalue weighted by atomic mass is 10.1. The summed E-state index contributed by atoms with van der Waals surface area (Å²) in [5, 5.41) is 2.85. The first-order valence-corrected chi connectivity index (χ1v) is 7.96. The molecule has 1 aromatic carbocycles. The third-order valence-electron chi connectivity index (χ3n) is 3.81. The van der Waals surface area contributed by atoms with Gasteiger partial charge in [-0.15, -0.1) is 12.4 Å². The molecule has 130 valence electrons. The number of hydrogen-bond donors (Lipinski definition) is 2. The molecule has 2 rings (SSSR count). The van der Waals surface area contributed by atoms with Crippen LogP contribution in [-0.4, -0.2) is 38.4 Å². The van der Waals surface area contributed by atoms with Gasteiger partial charge in [-0.3, -0.25) is 4.79 Å². The predicted molar refractivity (Wildman–Crippen MR) is 92.8 cm³/mol. The Kier molecular flexibility index (Phi) is 9.17. The minimum absolute atomic E-state index is 0. The standard InChI is InChI=1S/C17H26N2O3.ClH/c1-13-5-7-14(8-6-13)16(18)17(20)19-9-3-10-21-12-15-4-2-11-22-15;/h5-8,15-16H,2-4,9-12,18H2,1H3,(H,19,20);1H. The summed E-state index contributed by atoms with van der Waals surface area (Å²) in [6, 6.07) is 7.09. The Hall–Kier alpha value is -1.14. The highest BCUT2D eigenvalue weighted by atomic mass is 35.5. The van der Waals surface area contributed by atoms with Crippen LogP contribution in [0.15, 0.2) is 24.3 Å². The highest BCUT2D eigenvalue weighted by Crippen LogP contribution is 2.12. The van der Waals surface area contributed by atoms with Gasteiger partial charge >= 0.3 is 0 Å². The molecule has 23 heavy (non-hydrogen) atoms. The van der Waals surface area contributed by atoms with Crippen LogP contribution in [0.3, 0.4) is 0 Å². The Balaban J connectivity index is 0.00000264. The molecule has 0 bridgehead atoms. The first kappa shape index (κ1) is 19.9. The SMILES string of the molecule is Cc1ccc(C(N)C(=O)NCCCOCC2CCCO2)cc1.Cl. The molecule has 0 aliphatic carbocycles. The van der Waals surface area contributed by atoms with Gasteiger partial charge in [0.15, 0.2) is 0 Å².